The molecule has 0 aliphatic carbocycles. The van der Waals surface area contributed by atoms with Gasteiger partial charge in [0.1, 0.15) is 11.3 Å². The van der Waals surface area contributed by atoms with Crippen molar-refractivity contribution < 1.29 is 19.4 Å². The molecule has 0 unspecified atom stereocenters. The number of aromatic nitrogens is 2. The predicted octanol–water partition coefficient (Wildman–Crippen LogP) is 3.22. The van der Waals surface area contributed by atoms with Gasteiger partial charge in [0.2, 0.25) is 0 Å². The Morgan fingerprint density at radius 2 is 1.90 bits per heavy atom. The summed E-state index contributed by atoms with van der Waals surface area (Å²) >= 11 is 4.61. The lowest BCUT2D eigenvalue weighted by atomic mass is 10.2. The number of halogens is 1. The first-order chi connectivity index (χ1) is 14.2. The van der Waals surface area contributed by atoms with Gasteiger partial charge in [-0.2, -0.15) is 0 Å². The number of pyridine rings is 1. The van der Waals surface area contributed by atoms with Gasteiger partial charge >= 0.3 is 6.09 Å². The fraction of sp³-hybridized carbons (Fsp3) is 0.474. The van der Waals surface area contributed by atoms with Gasteiger partial charge in [0.15, 0.2) is 3.92 Å². The summed E-state index contributed by atoms with van der Waals surface area (Å²) < 4.78 is 6.09. The standard InChI is InChI=1S/C18H22BrN5O3S.CH4O/c1-18(2,3)27-17(26)24-8-6-23(7-9-24)14-4-5-20-10-12(14)21-15(25)13-11-28-16(19)22-13;1-2/h4-5,10-11H,6-9H2,1-3H3,(H,21,25);2H,1H3. The van der Waals surface area contributed by atoms with E-state index in [0.717, 1.165) is 12.8 Å². The second-order valence-corrected chi connectivity index (χ2v) is 9.42. The van der Waals surface area contributed by atoms with Crippen molar-refractivity contribution in [2.75, 3.05) is 43.5 Å². The van der Waals surface area contributed by atoms with Crippen molar-refractivity contribution in [1.82, 2.24) is 14.9 Å². The van der Waals surface area contributed by atoms with Gasteiger partial charge in [-0.15, -0.1) is 11.3 Å². The molecule has 164 valence electrons. The summed E-state index contributed by atoms with van der Waals surface area (Å²) in [5, 5.41) is 11.6. The molecule has 2 aromatic rings. The summed E-state index contributed by atoms with van der Waals surface area (Å²) in [4.78, 5) is 36.8. The number of carbonyl (C=O) groups is 2. The van der Waals surface area contributed by atoms with Crippen LogP contribution in [0.3, 0.4) is 0 Å². The van der Waals surface area contributed by atoms with Crippen molar-refractivity contribution >= 4 is 50.6 Å². The Hall–Kier alpha value is -2.24. The Bertz CT molecular complexity index is 863. The molecule has 1 saturated heterocycles. The first-order valence-electron chi connectivity index (χ1n) is 9.27. The molecular formula is C19H26BrN5O4S. The average Bonchev–Trinajstić information content (AvgIpc) is 3.15. The highest BCUT2D eigenvalue weighted by Gasteiger charge is 2.27. The molecule has 2 N–H and O–H groups in total. The molecule has 9 nitrogen and oxygen atoms in total. The minimum atomic E-state index is -0.512. The van der Waals surface area contributed by atoms with Gasteiger partial charge in [0.25, 0.3) is 5.91 Å². The minimum Gasteiger partial charge on any atom is -0.444 e. The number of aliphatic hydroxyl groups is 1. The summed E-state index contributed by atoms with van der Waals surface area (Å²) in [5.74, 6) is -0.288. The third kappa shape index (κ3) is 6.64. The monoisotopic (exact) mass is 499 g/mol. The average molecular weight is 500 g/mol. The SMILES string of the molecule is CC(C)(C)OC(=O)N1CCN(c2ccncc2NC(=O)c2csc(Br)n2)CC1.CO. The number of rotatable bonds is 3. The van der Waals surface area contributed by atoms with Crippen molar-refractivity contribution in [1.29, 1.82) is 0 Å². The summed E-state index contributed by atoms with van der Waals surface area (Å²) in [7, 11) is 1.00. The molecule has 0 atom stereocenters. The van der Waals surface area contributed by atoms with E-state index in [9.17, 15) is 9.59 Å². The van der Waals surface area contributed by atoms with E-state index in [0.29, 0.717) is 41.5 Å². The number of ether oxygens (including phenoxy) is 1. The molecule has 1 aliphatic heterocycles. The van der Waals surface area contributed by atoms with Crippen molar-refractivity contribution in [2.24, 2.45) is 0 Å². The van der Waals surface area contributed by atoms with Crippen molar-refractivity contribution in [3.63, 3.8) is 0 Å². The highest BCUT2D eigenvalue weighted by Crippen LogP contribution is 2.27. The highest BCUT2D eigenvalue weighted by molar-refractivity contribution is 9.11. The van der Waals surface area contributed by atoms with Crippen molar-refractivity contribution in [3.05, 3.63) is 33.5 Å². The minimum absolute atomic E-state index is 0.288. The summed E-state index contributed by atoms with van der Waals surface area (Å²) in [5.41, 5.74) is 1.31. The van der Waals surface area contributed by atoms with Crippen LogP contribution in [0.15, 0.2) is 27.8 Å². The number of hydrogen-bond acceptors (Lipinski definition) is 8. The first-order valence-corrected chi connectivity index (χ1v) is 10.9. The van der Waals surface area contributed by atoms with Gasteiger partial charge in [-0.05, 0) is 42.8 Å². The van der Waals surface area contributed by atoms with Crippen LogP contribution >= 0.6 is 27.3 Å². The van der Waals surface area contributed by atoms with Crippen LogP contribution in [0, 0.1) is 0 Å². The van der Waals surface area contributed by atoms with Crippen LogP contribution in [0.1, 0.15) is 31.3 Å². The second-order valence-electron chi connectivity index (χ2n) is 7.29. The zero-order chi connectivity index (χ0) is 22.3. The number of piperazine rings is 1. The van der Waals surface area contributed by atoms with Crippen LogP contribution in [0.5, 0.6) is 0 Å². The molecule has 0 saturated carbocycles. The van der Waals surface area contributed by atoms with E-state index in [4.69, 9.17) is 9.84 Å². The van der Waals surface area contributed by atoms with E-state index in [1.165, 1.54) is 11.3 Å². The molecule has 2 aromatic heterocycles. The summed E-state index contributed by atoms with van der Waals surface area (Å²) in [6.07, 6.45) is 3.00. The summed E-state index contributed by atoms with van der Waals surface area (Å²) in [6, 6.07) is 1.86. The van der Waals surface area contributed by atoms with Crippen LogP contribution in [0.25, 0.3) is 0 Å². The Kier molecular flexibility index (Phi) is 8.56. The molecule has 0 spiro atoms. The second kappa shape index (κ2) is 10.7. The van der Waals surface area contributed by atoms with Gasteiger partial charge in [-0.1, -0.05) is 0 Å². The molecular weight excluding hydrogens is 474 g/mol. The molecule has 2 amide bonds. The Balaban J connectivity index is 0.00000155. The molecule has 0 aromatic carbocycles. The number of carbonyl (C=O) groups excluding carboxylic acids is 2. The Morgan fingerprint density at radius 3 is 2.47 bits per heavy atom. The van der Waals surface area contributed by atoms with E-state index < -0.39 is 5.60 Å². The van der Waals surface area contributed by atoms with E-state index in [1.54, 1.807) is 22.7 Å². The largest absolute Gasteiger partial charge is 0.444 e. The fourth-order valence-corrected chi connectivity index (χ4v) is 3.75. The quantitative estimate of drug-likeness (QED) is 0.667. The van der Waals surface area contributed by atoms with Crippen molar-refractivity contribution in [3.8, 4) is 0 Å². The number of nitrogens with one attached hydrogen (secondary N) is 1. The Morgan fingerprint density at radius 1 is 1.23 bits per heavy atom. The third-order valence-corrected chi connectivity index (χ3v) is 5.39. The number of anilines is 2. The third-order valence-electron chi connectivity index (χ3n) is 4.03. The van der Waals surface area contributed by atoms with Gasteiger partial charge < -0.3 is 25.0 Å². The molecule has 1 aliphatic rings. The number of amides is 2. The molecule has 3 rings (SSSR count). The smallest absolute Gasteiger partial charge is 0.410 e. The van der Waals surface area contributed by atoms with Crippen LogP contribution in [0.2, 0.25) is 0 Å². The fourth-order valence-electron chi connectivity index (χ4n) is 2.76. The van der Waals surface area contributed by atoms with Crippen LogP contribution in [-0.2, 0) is 4.74 Å². The highest BCUT2D eigenvalue weighted by atomic mass is 79.9. The van der Waals surface area contributed by atoms with Gasteiger partial charge in [-0.3, -0.25) is 9.78 Å². The Labute approximate surface area is 188 Å². The van der Waals surface area contributed by atoms with Crippen LogP contribution < -0.4 is 10.2 Å². The van der Waals surface area contributed by atoms with E-state index >= 15 is 0 Å². The number of hydrogen-bond donors (Lipinski definition) is 2. The van der Waals surface area contributed by atoms with Gasteiger partial charge in [0.05, 0.1) is 17.6 Å². The molecule has 11 heteroatoms. The maximum Gasteiger partial charge on any atom is 0.410 e. The number of aliphatic hydroxyl groups excluding tert-OH is 1. The van der Waals surface area contributed by atoms with Crippen molar-refractivity contribution in [2.45, 2.75) is 26.4 Å². The normalized spacial score (nSPS) is 13.9. The maximum atomic E-state index is 12.4. The molecule has 1 fully saturated rings. The zero-order valence-electron chi connectivity index (χ0n) is 17.4. The van der Waals surface area contributed by atoms with Gasteiger partial charge in [-0.25, -0.2) is 9.78 Å². The van der Waals surface area contributed by atoms with E-state index in [-0.39, 0.29) is 12.0 Å². The lowest BCUT2D eigenvalue weighted by Gasteiger charge is -2.37. The van der Waals surface area contributed by atoms with E-state index in [1.807, 2.05) is 26.8 Å². The number of thiazole rings is 1. The molecule has 30 heavy (non-hydrogen) atoms. The van der Waals surface area contributed by atoms with Crippen LogP contribution in [0.4, 0.5) is 16.2 Å². The first kappa shape index (κ1) is 24.0. The number of nitrogens with zero attached hydrogens (tertiary/aromatic N) is 4. The zero-order valence-corrected chi connectivity index (χ0v) is 19.8. The molecule has 3 heterocycles. The van der Waals surface area contributed by atoms with Gasteiger partial charge in [0, 0.05) is 44.9 Å². The maximum absolute atomic E-state index is 12.4. The lowest BCUT2D eigenvalue weighted by molar-refractivity contribution is 0.0240. The predicted molar refractivity (Wildman–Crippen MR) is 120 cm³/mol. The lowest BCUT2D eigenvalue weighted by Crippen LogP contribution is -2.50. The van der Waals surface area contributed by atoms with E-state index in [2.05, 4.69) is 36.1 Å². The molecule has 0 radical (unpaired) electrons. The summed E-state index contributed by atoms with van der Waals surface area (Å²) in [6.45, 7) is 7.92. The topological polar surface area (TPSA) is 108 Å². The van der Waals surface area contributed by atoms with Crippen LogP contribution in [-0.4, -0.2) is 70.9 Å². The molecule has 0 bridgehead atoms.